The molecule has 2 rings (SSSR count). The number of hydrogen-bond donors (Lipinski definition) is 2. The average molecular weight is 224 g/mol. The summed E-state index contributed by atoms with van der Waals surface area (Å²) in [5, 5.41) is 17.1. The Hall–Kier alpha value is -0.940. The highest BCUT2D eigenvalue weighted by atomic mass is 16.3. The highest BCUT2D eigenvalue weighted by Crippen LogP contribution is 2.29. The molecule has 2 N–H and O–H groups in total. The molecule has 2 heterocycles. The van der Waals surface area contributed by atoms with Gasteiger partial charge >= 0.3 is 0 Å². The number of nitrogens with one attached hydrogen (secondary N) is 1. The molecule has 5 nitrogen and oxygen atoms in total. The Bertz CT molecular complexity index is 330. The van der Waals surface area contributed by atoms with E-state index in [1.54, 1.807) is 6.33 Å². The van der Waals surface area contributed by atoms with Gasteiger partial charge in [-0.15, -0.1) is 0 Å². The molecule has 5 heteroatoms. The van der Waals surface area contributed by atoms with Crippen molar-refractivity contribution < 1.29 is 5.11 Å². The Balaban J connectivity index is 2.11. The van der Waals surface area contributed by atoms with Crippen molar-refractivity contribution in [2.24, 2.45) is 5.41 Å². The first-order chi connectivity index (χ1) is 7.79. The minimum Gasteiger partial charge on any atom is -0.396 e. The zero-order valence-electron chi connectivity index (χ0n) is 9.82. The van der Waals surface area contributed by atoms with Crippen LogP contribution in [0.25, 0.3) is 0 Å². The molecule has 0 spiro atoms. The average Bonchev–Trinajstić information content (AvgIpc) is 2.77. The zero-order valence-corrected chi connectivity index (χ0v) is 9.82. The lowest BCUT2D eigenvalue weighted by molar-refractivity contribution is 0.0916. The molecule has 1 aromatic heterocycles. The van der Waals surface area contributed by atoms with E-state index in [1.165, 1.54) is 0 Å². The van der Waals surface area contributed by atoms with E-state index >= 15 is 0 Å². The van der Waals surface area contributed by atoms with E-state index in [9.17, 15) is 5.11 Å². The Morgan fingerprint density at radius 2 is 2.50 bits per heavy atom. The van der Waals surface area contributed by atoms with Gasteiger partial charge in [0, 0.05) is 24.9 Å². The summed E-state index contributed by atoms with van der Waals surface area (Å²) >= 11 is 0. The van der Waals surface area contributed by atoms with Crippen molar-refractivity contribution in [3.05, 3.63) is 12.2 Å². The lowest BCUT2D eigenvalue weighted by atomic mass is 9.78. The summed E-state index contributed by atoms with van der Waals surface area (Å²) in [6.45, 7) is 5.05. The lowest BCUT2D eigenvalue weighted by Crippen LogP contribution is -2.44. The van der Waals surface area contributed by atoms with Crippen LogP contribution in [0.1, 0.15) is 25.6 Å². The van der Waals surface area contributed by atoms with Crippen molar-refractivity contribution >= 4 is 0 Å². The molecule has 0 amide bonds. The van der Waals surface area contributed by atoms with Crippen LogP contribution in [0.4, 0.5) is 0 Å². The molecular formula is C11H20N4O. The van der Waals surface area contributed by atoms with Crippen molar-refractivity contribution in [3.8, 4) is 0 Å². The number of aromatic nitrogens is 3. The zero-order chi connectivity index (χ0) is 11.4. The van der Waals surface area contributed by atoms with Crippen LogP contribution in [-0.2, 0) is 13.0 Å². The molecule has 1 atom stereocenters. The van der Waals surface area contributed by atoms with E-state index < -0.39 is 0 Å². The number of nitrogens with zero attached hydrogens (tertiary/aromatic N) is 3. The molecule has 90 valence electrons. The Labute approximate surface area is 95.9 Å². The van der Waals surface area contributed by atoms with E-state index in [0.717, 1.165) is 44.7 Å². The quantitative estimate of drug-likeness (QED) is 0.767. The maximum absolute atomic E-state index is 9.61. The minimum atomic E-state index is -0.0434. The van der Waals surface area contributed by atoms with Gasteiger partial charge in [-0.1, -0.05) is 0 Å². The monoisotopic (exact) mass is 224 g/mol. The molecule has 1 aliphatic heterocycles. The second kappa shape index (κ2) is 4.93. The molecule has 0 radical (unpaired) electrons. The van der Waals surface area contributed by atoms with Gasteiger partial charge in [0.25, 0.3) is 0 Å². The predicted octanol–water partition coefficient (Wildman–Crippen LogP) is 0.203. The summed E-state index contributed by atoms with van der Waals surface area (Å²) in [6.07, 6.45) is 4.60. The topological polar surface area (TPSA) is 63.0 Å². The fourth-order valence-electron chi connectivity index (χ4n) is 2.40. The highest BCUT2D eigenvalue weighted by Gasteiger charge is 2.33. The van der Waals surface area contributed by atoms with E-state index in [4.69, 9.17) is 0 Å². The maximum Gasteiger partial charge on any atom is 0.138 e. The third-order valence-electron chi connectivity index (χ3n) is 3.42. The number of aliphatic hydroxyl groups excluding tert-OH is 1. The summed E-state index contributed by atoms with van der Waals surface area (Å²) in [5.41, 5.74) is -0.0434. The first-order valence-corrected chi connectivity index (χ1v) is 5.98. The summed E-state index contributed by atoms with van der Waals surface area (Å²) in [5.74, 6) is 0.986. The fourth-order valence-corrected chi connectivity index (χ4v) is 2.40. The van der Waals surface area contributed by atoms with Crippen molar-refractivity contribution in [1.29, 1.82) is 0 Å². The van der Waals surface area contributed by atoms with E-state index in [-0.39, 0.29) is 12.0 Å². The van der Waals surface area contributed by atoms with Crippen LogP contribution in [0.2, 0.25) is 0 Å². The summed E-state index contributed by atoms with van der Waals surface area (Å²) in [6, 6.07) is 0. The van der Waals surface area contributed by atoms with Crippen LogP contribution in [0.15, 0.2) is 6.33 Å². The van der Waals surface area contributed by atoms with E-state index in [1.807, 2.05) is 4.68 Å². The van der Waals surface area contributed by atoms with Crippen LogP contribution in [0.5, 0.6) is 0 Å². The molecule has 1 aromatic rings. The van der Waals surface area contributed by atoms with Crippen molar-refractivity contribution in [1.82, 2.24) is 20.1 Å². The summed E-state index contributed by atoms with van der Waals surface area (Å²) in [7, 11) is 0. The van der Waals surface area contributed by atoms with Gasteiger partial charge in [0.2, 0.25) is 0 Å². The molecule has 1 fully saturated rings. The molecular weight excluding hydrogens is 204 g/mol. The summed E-state index contributed by atoms with van der Waals surface area (Å²) < 4.78 is 1.91. The molecule has 0 aliphatic carbocycles. The smallest absolute Gasteiger partial charge is 0.138 e. The van der Waals surface area contributed by atoms with Crippen LogP contribution < -0.4 is 5.32 Å². The molecule has 0 aromatic carbocycles. The maximum atomic E-state index is 9.61. The van der Waals surface area contributed by atoms with Gasteiger partial charge < -0.3 is 10.4 Å². The van der Waals surface area contributed by atoms with Gasteiger partial charge in [-0.05, 0) is 26.3 Å². The van der Waals surface area contributed by atoms with Crippen LogP contribution in [0, 0.1) is 5.41 Å². The van der Waals surface area contributed by atoms with Gasteiger partial charge in [0.15, 0.2) is 0 Å². The van der Waals surface area contributed by atoms with Gasteiger partial charge in [-0.2, -0.15) is 5.10 Å². The second-order valence-electron chi connectivity index (χ2n) is 4.61. The largest absolute Gasteiger partial charge is 0.396 e. The standard InChI is InChI=1S/C11H20N4O/c1-2-15-10(13-9-14-15)6-11(8-16)4-3-5-12-7-11/h9,12,16H,2-8H2,1H3. The fraction of sp³-hybridized carbons (Fsp3) is 0.818. The number of hydrogen-bond acceptors (Lipinski definition) is 4. The normalized spacial score (nSPS) is 25.9. The second-order valence-corrected chi connectivity index (χ2v) is 4.61. The molecule has 16 heavy (non-hydrogen) atoms. The van der Waals surface area contributed by atoms with Crippen LogP contribution in [0.3, 0.4) is 0 Å². The van der Waals surface area contributed by atoms with Crippen LogP contribution >= 0.6 is 0 Å². The molecule has 1 aliphatic rings. The van der Waals surface area contributed by atoms with Crippen LogP contribution in [-0.4, -0.2) is 39.6 Å². The lowest BCUT2D eigenvalue weighted by Gasteiger charge is -2.35. The minimum absolute atomic E-state index is 0.0434. The van der Waals surface area contributed by atoms with Gasteiger partial charge in [-0.3, -0.25) is 4.68 Å². The third kappa shape index (κ3) is 2.25. The SMILES string of the molecule is CCn1ncnc1CC1(CO)CCCNC1. The first kappa shape index (κ1) is 11.5. The van der Waals surface area contributed by atoms with Crippen molar-refractivity contribution in [2.45, 2.75) is 32.7 Å². The molecule has 1 saturated heterocycles. The Morgan fingerprint density at radius 3 is 3.12 bits per heavy atom. The van der Waals surface area contributed by atoms with E-state index in [0.29, 0.717) is 0 Å². The van der Waals surface area contributed by atoms with Crippen molar-refractivity contribution in [3.63, 3.8) is 0 Å². The molecule has 0 bridgehead atoms. The van der Waals surface area contributed by atoms with Crippen molar-refractivity contribution in [2.75, 3.05) is 19.7 Å². The number of aryl methyl sites for hydroxylation is 1. The Morgan fingerprint density at radius 1 is 1.62 bits per heavy atom. The van der Waals surface area contributed by atoms with Gasteiger partial charge in [0.05, 0.1) is 6.61 Å². The molecule has 0 saturated carbocycles. The number of piperidine rings is 1. The Kier molecular flexibility index (Phi) is 3.56. The predicted molar refractivity (Wildman–Crippen MR) is 61.0 cm³/mol. The highest BCUT2D eigenvalue weighted by molar-refractivity contribution is 4.96. The van der Waals surface area contributed by atoms with Gasteiger partial charge in [-0.25, -0.2) is 4.98 Å². The third-order valence-corrected chi connectivity index (χ3v) is 3.42. The first-order valence-electron chi connectivity index (χ1n) is 5.98. The number of rotatable bonds is 4. The summed E-state index contributed by atoms with van der Waals surface area (Å²) in [4.78, 5) is 4.29. The van der Waals surface area contributed by atoms with E-state index in [2.05, 4.69) is 22.3 Å². The van der Waals surface area contributed by atoms with Gasteiger partial charge in [0.1, 0.15) is 12.2 Å². The number of aliphatic hydroxyl groups is 1. The molecule has 1 unspecified atom stereocenters.